The lowest BCUT2D eigenvalue weighted by Crippen LogP contribution is -2.36. The Morgan fingerprint density at radius 1 is 1.35 bits per heavy atom. The number of hydrogen-bond donors (Lipinski definition) is 2. The summed E-state index contributed by atoms with van der Waals surface area (Å²) in [7, 11) is -1.45. The number of nitrogens with one attached hydrogen (secondary N) is 1. The van der Waals surface area contributed by atoms with E-state index in [9.17, 15) is 22.4 Å². The van der Waals surface area contributed by atoms with Crippen LogP contribution < -0.4 is 4.72 Å². The fraction of sp³-hybridized carbons (Fsp3) is 0.273. The number of carbonyl (C=O) groups excluding carboxylic acids is 1. The third-order valence-corrected chi connectivity index (χ3v) is 3.80. The van der Waals surface area contributed by atoms with E-state index in [-0.39, 0.29) is 5.56 Å². The number of benzene rings is 1. The van der Waals surface area contributed by atoms with E-state index in [1.807, 2.05) is 4.72 Å². The van der Waals surface area contributed by atoms with Crippen LogP contribution in [0, 0.1) is 5.82 Å². The predicted molar refractivity (Wildman–Crippen MR) is 67.2 cm³/mol. The molecular formula is C11H13FN2O5S. The molecule has 110 valence electrons. The van der Waals surface area contributed by atoms with Crippen molar-refractivity contribution < 1.29 is 27.5 Å². The molecule has 0 aromatic heterocycles. The van der Waals surface area contributed by atoms with Gasteiger partial charge < -0.3 is 10.0 Å². The molecule has 9 heteroatoms. The van der Waals surface area contributed by atoms with Gasteiger partial charge in [0.2, 0.25) is 15.9 Å². The van der Waals surface area contributed by atoms with Crippen molar-refractivity contribution in [3.8, 4) is 0 Å². The number of likely N-dealkylation sites (N-methyl/N-ethyl adjacent to an activating group) is 1. The van der Waals surface area contributed by atoms with Crippen LogP contribution in [0.1, 0.15) is 10.4 Å². The molecule has 2 N–H and O–H groups in total. The summed E-state index contributed by atoms with van der Waals surface area (Å²) >= 11 is 0. The van der Waals surface area contributed by atoms with Gasteiger partial charge >= 0.3 is 5.97 Å². The number of nitrogens with zero attached hydrogens (tertiary/aromatic N) is 1. The Kier molecular flexibility index (Phi) is 4.79. The highest BCUT2D eigenvalue weighted by Crippen LogP contribution is 2.16. The number of halogens is 1. The summed E-state index contributed by atoms with van der Waals surface area (Å²) < 4.78 is 39.1. The molecule has 0 bridgehead atoms. The first-order valence-corrected chi connectivity index (χ1v) is 6.86. The Bertz CT molecular complexity index is 642. The van der Waals surface area contributed by atoms with E-state index in [4.69, 9.17) is 5.11 Å². The molecule has 0 heterocycles. The smallest absolute Gasteiger partial charge is 0.335 e. The van der Waals surface area contributed by atoms with Crippen LogP contribution in [0.3, 0.4) is 0 Å². The second kappa shape index (κ2) is 5.97. The zero-order chi connectivity index (χ0) is 15.5. The van der Waals surface area contributed by atoms with Gasteiger partial charge in [-0.15, -0.1) is 0 Å². The topological polar surface area (TPSA) is 104 Å². The number of aromatic carboxylic acids is 1. The van der Waals surface area contributed by atoms with Gasteiger partial charge in [0.05, 0.1) is 12.1 Å². The third kappa shape index (κ3) is 3.75. The zero-order valence-corrected chi connectivity index (χ0v) is 11.6. The van der Waals surface area contributed by atoms with Crippen LogP contribution >= 0.6 is 0 Å². The molecule has 0 saturated heterocycles. The van der Waals surface area contributed by atoms with Gasteiger partial charge in [-0.2, -0.15) is 0 Å². The van der Waals surface area contributed by atoms with Crippen molar-refractivity contribution in [1.82, 2.24) is 9.62 Å². The molecule has 0 unspecified atom stereocenters. The number of hydrogen-bond acceptors (Lipinski definition) is 4. The largest absolute Gasteiger partial charge is 0.478 e. The predicted octanol–water partition coefficient (Wildman–Crippen LogP) is -0.110. The van der Waals surface area contributed by atoms with Crippen LogP contribution in [0.4, 0.5) is 4.39 Å². The number of carbonyl (C=O) groups is 2. The highest BCUT2D eigenvalue weighted by Gasteiger charge is 2.22. The van der Waals surface area contributed by atoms with Crippen LogP contribution in [0.5, 0.6) is 0 Å². The normalized spacial score (nSPS) is 11.2. The maximum absolute atomic E-state index is 13.5. The number of sulfonamides is 1. The van der Waals surface area contributed by atoms with Gasteiger partial charge in [0.25, 0.3) is 0 Å². The van der Waals surface area contributed by atoms with Gasteiger partial charge in [-0.1, -0.05) is 0 Å². The summed E-state index contributed by atoms with van der Waals surface area (Å²) in [6.45, 7) is -0.550. The summed E-state index contributed by atoms with van der Waals surface area (Å²) in [5.74, 6) is -3.01. The minimum Gasteiger partial charge on any atom is -0.478 e. The van der Waals surface area contributed by atoms with Crippen LogP contribution in [0.25, 0.3) is 0 Å². The Morgan fingerprint density at radius 3 is 2.45 bits per heavy atom. The van der Waals surface area contributed by atoms with Crippen molar-refractivity contribution in [1.29, 1.82) is 0 Å². The molecule has 1 aromatic rings. The molecule has 7 nitrogen and oxygen atoms in total. The average Bonchev–Trinajstić information content (AvgIpc) is 2.35. The molecule has 0 fully saturated rings. The molecule has 20 heavy (non-hydrogen) atoms. The lowest BCUT2D eigenvalue weighted by molar-refractivity contribution is -0.127. The fourth-order valence-corrected chi connectivity index (χ4v) is 2.31. The van der Waals surface area contributed by atoms with Crippen molar-refractivity contribution in [2.24, 2.45) is 0 Å². The molecule has 1 aromatic carbocycles. The minimum absolute atomic E-state index is 0.370. The third-order valence-electron chi connectivity index (χ3n) is 2.38. The van der Waals surface area contributed by atoms with Gasteiger partial charge in [0.1, 0.15) is 10.7 Å². The molecule has 0 radical (unpaired) electrons. The molecule has 0 aliphatic carbocycles. The molecule has 0 aliphatic rings. The minimum atomic E-state index is -4.31. The van der Waals surface area contributed by atoms with E-state index in [2.05, 4.69) is 0 Å². The average molecular weight is 304 g/mol. The second-order valence-corrected chi connectivity index (χ2v) is 5.80. The lowest BCUT2D eigenvalue weighted by Gasteiger charge is -2.12. The van der Waals surface area contributed by atoms with Gasteiger partial charge in [-0.25, -0.2) is 22.3 Å². The zero-order valence-electron chi connectivity index (χ0n) is 10.8. The molecule has 0 saturated carbocycles. The van der Waals surface area contributed by atoms with Gasteiger partial charge in [0.15, 0.2) is 0 Å². The Hall–Kier alpha value is -2.00. The first-order chi connectivity index (χ1) is 9.15. The van der Waals surface area contributed by atoms with Crippen molar-refractivity contribution in [2.75, 3.05) is 20.6 Å². The molecule has 0 aliphatic heterocycles. The summed E-state index contributed by atoms with van der Waals surface area (Å²) in [5, 5.41) is 8.76. The van der Waals surface area contributed by atoms with Gasteiger partial charge in [-0.3, -0.25) is 4.79 Å². The number of amides is 1. The van der Waals surface area contributed by atoms with E-state index in [0.717, 1.165) is 17.0 Å². The van der Waals surface area contributed by atoms with Crippen LogP contribution in [0.2, 0.25) is 0 Å². The highest BCUT2D eigenvalue weighted by molar-refractivity contribution is 7.89. The maximum atomic E-state index is 13.5. The maximum Gasteiger partial charge on any atom is 0.335 e. The van der Waals surface area contributed by atoms with Gasteiger partial charge in [-0.05, 0) is 18.2 Å². The van der Waals surface area contributed by atoms with E-state index < -0.39 is 39.2 Å². The Morgan fingerprint density at radius 2 is 1.95 bits per heavy atom. The van der Waals surface area contributed by atoms with Crippen LogP contribution in [0.15, 0.2) is 23.1 Å². The van der Waals surface area contributed by atoms with E-state index >= 15 is 0 Å². The summed E-state index contributed by atoms with van der Waals surface area (Å²) in [6.07, 6.45) is 0. The number of carboxylic acid groups (broad SMARTS) is 1. The molecule has 0 atom stereocenters. The first-order valence-electron chi connectivity index (χ1n) is 5.38. The quantitative estimate of drug-likeness (QED) is 0.790. The van der Waals surface area contributed by atoms with E-state index in [1.165, 1.54) is 14.1 Å². The van der Waals surface area contributed by atoms with Crippen LogP contribution in [-0.4, -0.2) is 50.9 Å². The highest BCUT2D eigenvalue weighted by atomic mass is 32.2. The van der Waals surface area contributed by atoms with Crippen molar-refractivity contribution in [3.05, 3.63) is 29.6 Å². The molecule has 1 amide bonds. The van der Waals surface area contributed by atoms with Gasteiger partial charge in [0, 0.05) is 14.1 Å². The molecular weight excluding hydrogens is 291 g/mol. The first kappa shape index (κ1) is 16.1. The van der Waals surface area contributed by atoms with E-state index in [0.29, 0.717) is 6.07 Å². The van der Waals surface area contributed by atoms with Crippen molar-refractivity contribution in [2.45, 2.75) is 4.90 Å². The number of rotatable bonds is 5. The summed E-state index contributed by atoms with van der Waals surface area (Å²) in [4.78, 5) is 22.4. The SMILES string of the molecule is CN(C)C(=O)CNS(=O)(=O)c1cc(C(=O)O)ccc1F. The summed E-state index contributed by atoms with van der Waals surface area (Å²) in [6, 6.07) is 2.38. The number of carboxylic acids is 1. The van der Waals surface area contributed by atoms with E-state index in [1.54, 1.807) is 0 Å². The monoisotopic (exact) mass is 304 g/mol. The molecule has 0 spiro atoms. The molecule has 1 rings (SSSR count). The second-order valence-electron chi connectivity index (χ2n) is 4.06. The summed E-state index contributed by atoms with van der Waals surface area (Å²) in [5.41, 5.74) is -0.370. The van der Waals surface area contributed by atoms with Crippen molar-refractivity contribution >= 4 is 21.9 Å². The lowest BCUT2D eigenvalue weighted by atomic mass is 10.2. The Labute approximate surface area is 115 Å². The fourth-order valence-electron chi connectivity index (χ4n) is 1.23. The standard InChI is InChI=1S/C11H13FN2O5S/c1-14(2)10(15)6-13-20(18,19)9-5-7(11(16)17)3-4-8(9)12/h3-5,13H,6H2,1-2H3,(H,16,17). The van der Waals surface area contributed by atoms with Crippen LogP contribution in [-0.2, 0) is 14.8 Å². The van der Waals surface area contributed by atoms with Crippen molar-refractivity contribution in [3.63, 3.8) is 0 Å². The Balaban J connectivity index is 3.06.